The number of carbonyl (C=O) groups excluding carboxylic acids is 1. The molecule has 0 atom stereocenters. The van der Waals surface area contributed by atoms with Crippen LogP contribution in [0.1, 0.15) is 29.7 Å². The number of carbonyl (C=O) groups is 1. The van der Waals surface area contributed by atoms with Crippen LogP contribution >= 0.6 is 0 Å². The molecule has 154 valence electrons. The van der Waals surface area contributed by atoms with E-state index in [1.54, 1.807) is 0 Å². The van der Waals surface area contributed by atoms with Crippen LogP contribution in [0.3, 0.4) is 0 Å². The number of aryl methyl sites for hydroxylation is 3. The van der Waals surface area contributed by atoms with Crippen LogP contribution in [0.15, 0.2) is 24.3 Å². The average molecular weight is 395 g/mol. The average Bonchev–Trinajstić information content (AvgIpc) is 3.22. The summed E-state index contributed by atoms with van der Waals surface area (Å²) in [5.74, 6) is 1.81. The van der Waals surface area contributed by atoms with E-state index >= 15 is 0 Å². The lowest BCUT2D eigenvalue weighted by molar-refractivity contribution is 0.208. The lowest BCUT2D eigenvalue weighted by atomic mass is 10.1. The first-order chi connectivity index (χ1) is 14.0. The number of amides is 2. The molecule has 1 aromatic heterocycles. The fraction of sp³-hybridized carbons (Fsp3) is 0.500. The molecule has 0 saturated carbocycles. The first-order valence-electron chi connectivity index (χ1n) is 10.5. The van der Waals surface area contributed by atoms with Gasteiger partial charge in [0, 0.05) is 56.7 Å². The van der Waals surface area contributed by atoms with Crippen LogP contribution < -0.4 is 15.1 Å². The van der Waals surface area contributed by atoms with Gasteiger partial charge in [-0.15, -0.1) is 0 Å². The summed E-state index contributed by atoms with van der Waals surface area (Å²) in [5.41, 5.74) is 4.14. The number of aromatic nitrogens is 2. The second-order valence-corrected chi connectivity index (χ2v) is 8.14. The SMILES string of the molecule is Cc1cc(C)cc(NC(=O)N2CCN(c3nc(C)cc(N4CCCC4)n3)CC2)c1. The highest BCUT2D eigenvalue weighted by molar-refractivity contribution is 5.89. The van der Waals surface area contributed by atoms with Gasteiger partial charge in [0.2, 0.25) is 5.95 Å². The molecule has 4 rings (SSSR count). The molecule has 1 aromatic carbocycles. The van der Waals surface area contributed by atoms with Crippen LogP contribution in [0.4, 0.5) is 22.2 Å². The highest BCUT2D eigenvalue weighted by atomic mass is 16.2. The standard InChI is InChI=1S/C22H30N6O/c1-16-12-17(2)14-19(13-16)24-22(29)28-10-8-27(9-11-28)21-23-18(3)15-20(25-21)26-6-4-5-7-26/h12-15H,4-11H2,1-3H3,(H,24,29). The van der Waals surface area contributed by atoms with Gasteiger partial charge in [-0.05, 0) is 56.9 Å². The zero-order valence-electron chi connectivity index (χ0n) is 17.6. The predicted molar refractivity (Wildman–Crippen MR) is 117 cm³/mol. The minimum Gasteiger partial charge on any atom is -0.356 e. The number of nitrogens with one attached hydrogen (secondary N) is 1. The van der Waals surface area contributed by atoms with Crippen molar-refractivity contribution >= 4 is 23.5 Å². The van der Waals surface area contributed by atoms with E-state index in [-0.39, 0.29) is 6.03 Å². The van der Waals surface area contributed by atoms with Crippen molar-refractivity contribution in [2.75, 3.05) is 54.4 Å². The molecule has 29 heavy (non-hydrogen) atoms. The van der Waals surface area contributed by atoms with Crippen molar-refractivity contribution in [3.8, 4) is 0 Å². The predicted octanol–water partition coefficient (Wildman–Crippen LogP) is 3.36. The third-order valence-corrected chi connectivity index (χ3v) is 5.58. The fourth-order valence-corrected chi connectivity index (χ4v) is 4.15. The first-order valence-corrected chi connectivity index (χ1v) is 10.5. The van der Waals surface area contributed by atoms with Crippen LogP contribution in [0.25, 0.3) is 0 Å². The van der Waals surface area contributed by atoms with Gasteiger partial charge in [-0.1, -0.05) is 6.07 Å². The number of anilines is 3. The van der Waals surface area contributed by atoms with Crippen LogP contribution in [-0.4, -0.2) is 60.2 Å². The van der Waals surface area contributed by atoms with Gasteiger partial charge in [-0.2, -0.15) is 4.98 Å². The van der Waals surface area contributed by atoms with Gasteiger partial charge in [-0.3, -0.25) is 0 Å². The molecule has 2 saturated heterocycles. The Kier molecular flexibility index (Phi) is 5.56. The Morgan fingerprint density at radius 2 is 1.48 bits per heavy atom. The molecule has 0 unspecified atom stereocenters. The lowest BCUT2D eigenvalue weighted by Crippen LogP contribution is -2.50. The maximum Gasteiger partial charge on any atom is 0.321 e. The Labute approximate surface area is 172 Å². The molecule has 0 radical (unpaired) electrons. The summed E-state index contributed by atoms with van der Waals surface area (Å²) in [4.78, 5) is 28.5. The second-order valence-electron chi connectivity index (χ2n) is 8.14. The third kappa shape index (κ3) is 4.60. The van der Waals surface area contributed by atoms with E-state index in [9.17, 15) is 4.79 Å². The molecule has 7 heteroatoms. The summed E-state index contributed by atoms with van der Waals surface area (Å²) in [6, 6.07) is 8.13. The summed E-state index contributed by atoms with van der Waals surface area (Å²) < 4.78 is 0. The number of benzene rings is 1. The lowest BCUT2D eigenvalue weighted by Gasteiger charge is -2.35. The van der Waals surface area contributed by atoms with E-state index in [1.165, 1.54) is 12.8 Å². The second kappa shape index (κ2) is 8.27. The van der Waals surface area contributed by atoms with Crippen molar-refractivity contribution in [2.24, 2.45) is 0 Å². The maximum absolute atomic E-state index is 12.7. The van der Waals surface area contributed by atoms with Crippen LogP contribution in [0.2, 0.25) is 0 Å². The number of rotatable bonds is 3. The van der Waals surface area contributed by atoms with Gasteiger partial charge >= 0.3 is 6.03 Å². The van der Waals surface area contributed by atoms with E-state index in [4.69, 9.17) is 4.98 Å². The minimum atomic E-state index is -0.0439. The van der Waals surface area contributed by atoms with Gasteiger partial charge in [0.25, 0.3) is 0 Å². The highest BCUT2D eigenvalue weighted by Crippen LogP contribution is 2.22. The zero-order valence-corrected chi connectivity index (χ0v) is 17.6. The molecule has 2 amide bonds. The Hall–Kier alpha value is -2.83. The van der Waals surface area contributed by atoms with Gasteiger partial charge in [0.05, 0.1) is 0 Å². The topological polar surface area (TPSA) is 64.6 Å². The number of hydrogen-bond acceptors (Lipinski definition) is 5. The van der Waals surface area contributed by atoms with Crippen molar-refractivity contribution < 1.29 is 4.79 Å². The Bertz CT molecular complexity index is 865. The summed E-state index contributed by atoms with van der Waals surface area (Å²) in [6.07, 6.45) is 2.46. The number of piperazine rings is 1. The molecule has 0 bridgehead atoms. The molecule has 2 aliphatic rings. The summed E-state index contributed by atoms with van der Waals surface area (Å²) in [6.45, 7) is 11.1. The van der Waals surface area contributed by atoms with Crippen molar-refractivity contribution in [1.82, 2.24) is 14.9 Å². The quantitative estimate of drug-likeness (QED) is 0.865. The smallest absolute Gasteiger partial charge is 0.321 e. The molecule has 0 aliphatic carbocycles. The first kappa shape index (κ1) is 19.5. The molecule has 2 fully saturated rings. The Morgan fingerprint density at radius 3 is 2.14 bits per heavy atom. The molecule has 3 heterocycles. The van der Waals surface area contributed by atoms with Crippen LogP contribution in [0, 0.1) is 20.8 Å². The van der Waals surface area contributed by atoms with Crippen LogP contribution in [-0.2, 0) is 0 Å². The van der Waals surface area contributed by atoms with Gasteiger partial charge in [0.15, 0.2) is 0 Å². The molecular formula is C22H30N6O. The van der Waals surface area contributed by atoms with Crippen molar-refractivity contribution in [1.29, 1.82) is 0 Å². The number of hydrogen-bond donors (Lipinski definition) is 1. The maximum atomic E-state index is 12.7. The largest absolute Gasteiger partial charge is 0.356 e. The van der Waals surface area contributed by atoms with E-state index in [2.05, 4.69) is 32.2 Å². The van der Waals surface area contributed by atoms with E-state index < -0.39 is 0 Å². The van der Waals surface area contributed by atoms with Gasteiger partial charge in [0.1, 0.15) is 5.82 Å². The van der Waals surface area contributed by atoms with E-state index in [0.717, 1.165) is 60.5 Å². The molecule has 2 aliphatic heterocycles. The zero-order chi connectivity index (χ0) is 20.4. The molecule has 0 spiro atoms. The van der Waals surface area contributed by atoms with Crippen molar-refractivity contribution in [2.45, 2.75) is 33.6 Å². The summed E-state index contributed by atoms with van der Waals surface area (Å²) >= 11 is 0. The molecule has 7 nitrogen and oxygen atoms in total. The van der Waals surface area contributed by atoms with Gasteiger partial charge in [-0.25, -0.2) is 9.78 Å². The summed E-state index contributed by atoms with van der Waals surface area (Å²) in [5, 5.41) is 3.03. The summed E-state index contributed by atoms with van der Waals surface area (Å²) in [7, 11) is 0. The van der Waals surface area contributed by atoms with Crippen molar-refractivity contribution in [3.05, 3.63) is 41.1 Å². The van der Waals surface area contributed by atoms with Crippen molar-refractivity contribution in [3.63, 3.8) is 0 Å². The van der Waals surface area contributed by atoms with E-state index in [0.29, 0.717) is 13.1 Å². The normalized spacial score (nSPS) is 17.0. The number of urea groups is 1. The Morgan fingerprint density at radius 1 is 0.828 bits per heavy atom. The fourth-order valence-electron chi connectivity index (χ4n) is 4.15. The van der Waals surface area contributed by atoms with Crippen LogP contribution in [0.5, 0.6) is 0 Å². The Balaban J connectivity index is 1.38. The number of nitrogens with zero attached hydrogens (tertiary/aromatic N) is 5. The van der Waals surface area contributed by atoms with E-state index in [1.807, 2.05) is 37.8 Å². The monoisotopic (exact) mass is 394 g/mol. The van der Waals surface area contributed by atoms with Gasteiger partial charge < -0.3 is 20.0 Å². The molecular weight excluding hydrogens is 364 g/mol. The molecule has 2 aromatic rings. The minimum absolute atomic E-state index is 0.0439. The molecule has 1 N–H and O–H groups in total. The third-order valence-electron chi connectivity index (χ3n) is 5.58. The highest BCUT2D eigenvalue weighted by Gasteiger charge is 2.24.